The number of benzene rings is 2. The van der Waals surface area contributed by atoms with Crippen molar-refractivity contribution in [2.24, 2.45) is 0 Å². The lowest BCUT2D eigenvalue weighted by molar-refractivity contribution is 0.549. The van der Waals surface area contributed by atoms with E-state index in [0.29, 0.717) is 5.39 Å². The molecule has 0 N–H and O–H groups in total. The molecule has 0 spiro atoms. The van der Waals surface area contributed by atoms with Crippen LogP contribution in [0, 0.1) is 0 Å². The summed E-state index contributed by atoms with van der Waals surface area (Å²) >= 11 is 3.46. The molecule has 0 saturated heterocycles. The molecule has 3 aromatic rings. The molecule has 2 aromatic carbocycles. The average molecular weight is 357 g/mol. The van der Waals surface area contributed by atoms with Crippen LogP contribution in [0.5, 0.6) is 0 Å². The Morgan fingerprint density at radius 3 is 2.50 bits per heavy atom. The first kappa shape index (κ1) is 17.1. The van der Waals surface area contributed by atoms with Crippen LogP contribution in [0.15, 0.2) is 64.5 Å². The Morgan fingerprint density at radius 1 is 1.04 bits per heavy atom. The Morgan fingerprint density at radius 2 is 1.75 bits per heavy atom. The fraction of sp³-hybridized carbons (Fsp3) is 0.263. The Balaban J connectivity index is 2.14. The second-order valence-electron chi connectivity index (χ2n) is 5.51. The van der Waals surface area contributed by atoms with Gasteiger partial charge in [0.25, 0.3) is 5.56 Å². The summed E-state index contributed by atoms with van der Waals surface area (Å²) in [5, 5.41) is 1.47. The number of fused-ring (bicyclic) bond motifs is 1. The second kappa shape index (κ2) is 7.90. The van der Waals surface area contributed by atoms with Gasteiger partial charge in [0.2, 0.25) is 0 Å². The minimum absolute atomic E-state index is 0.0311. The van der Waals surface area contributed by atoms with Gasteiger partial charge in [-0.1, -0.05) is 54.2 Å². The van der Waals surface area contributed by atoms with Crippen molar-refractivity contribution in [2.45, 2.75) is 18.1 Å². The number of aromatic nitrogens is 2. The fourth-order valence-corrected chi connectivity index (χ4v) is 4.39. The average Bonchev–Trinajstić information content (AvgIpc) is 2.62. The normalized spacial score (nSPS) is 12.4. The van der Waals surface area contributed by atoms with E-state index < -0.39 is 0 Å². The van der Waals surface area contributed by atoms with Gasteiger partial charge in [-0.25, -0.2) is 4.98 Å². The predicted octanol–water partition coefficient (Wildman–Crippen LogP) is 4.46. The van der Waals surface area contributed by atoms with Gasteiger partial charge in [-0.3, -0.25) is 9.36 Å². The molecule has 0 unspecified atom stereocenters. The SMILES string of the molecule is CSCCSc1nc2ccccc2c(=O)n1[C@@H](C)c1ccccc1. The molecule has 0 fully saturated rings. The molecule has 1 heterocycles. The van der Waals surface area contributed by atoms with Crippen molar-refractivity contribution in [1.82, 2.24) is 9.55 Å². The third-order valence-electron chi connectivity index (χ3n) is 3.96. The number of rotatable bonds is 6. The predicted molar refractivity (Wildman–Crippen MR) is 105 cm³/mol. The number of hydrogen-bond donors (Lipinski definition) is 0. The van der Waals surface area contributed by atoms with E-state index in [1.165, 1.54) is 0 Å². The van der Waals surface area contributed by atoms with Crippen molar-refractivity contribution in [3.8, 4) is 0 Å². The number of hydrogen-bond acceptors (Lipinski definition) is 4. The molecule has 0 radical (unpaired) electrons. The van der Waals surface area contributed by atoms with Gasteiger partial charge < -0.3 is 0 Å². The van der Waals surface area contributed by atoms with Crippen molar-refractivity contribution >= 4 is 34.4 Å². The molecule has 0 bridgehead atoms. The zero-order chi connectivity index (χ0) is 16.9. The first-order valence-corrected chi connectivity index (χ1v) is 10.3. The van der Waals surface area contributed by atoms with E-state index in [4.69, 9.17) is 4.98 Å². The molecule has 0 aliphatic carbocycles. The van der Waals surface area contributed by atoms with Gasteiger partial charge in [0.15, 0.2) is 5.16 Å². The van der Waals surface area contributed by atoms with E-state index in [1.807, 2.05) is 47.0 Å². The topological polar surface area (TPSA) is 34.9 Å². The molecule has 3 rings (SSSR count). The molecule has 124 valence electrons. The van der Waals surface area contributed by atoms with Gasteiger partial charge in [-0.15, -0.1) is 0 Å². The zero-order valence-electron chi connectivity index (χ0n) is 13.8. The lowest BCUT2D eigenvalue weighted by Gasteiger charge is -2.20. The Bertz CT molecular complexity index is 877. The molecule has 1 aromatic heterocycles. The second-order valence-corrected chi connectivity index (χ2v) is 7.56. The summed E-state index contributed by atoms with van der Waals surface area (Å²) < 4.78 is 1.84. The Labute approximate surface area is 150 Å². The van der Waals surface area contributed by atoms with Crippen molar-refractivity contribution in [3.63, 3.8) is 0 Å². The first-order valence-electron chi connectivity index (χ1n) is 7.90. The third-order valence-corrected chi connectivity index (χ3v) is 5.79. The largest absolute Gasteiger partial charge is 0.280 e. The van der Waals surface area contributed by atoms with Crippen LogP contribution in [-0.2, 0) is 0 Å². The molecule has 1 atom stereocenters. The molecular weight excluding hydrogens is 336 g/mol. The van der Waals surface area contributed by atoms with Gasteiger partial charge >= 0.3 is 0 Å². The minimum Gasteiger partial charge on any atom is -0.280 e. The summed E-state index contributed by atoms with van der Waals surface area (Å²) in [7, 11) is 0. The van der Waals surface area contributed by atoms with Crippen molar-refractivity contribution in [2.75, 3.05) is 17.8 Å². The highest BCUT2D eigenvalue weighted by Crippen LogP contribution is 2.25. The smallest absolute Gasteiger partial charge is 0.262 e. The van der Waals surface area contributed by atoms with E-state index in [0.717, 1.165) is 27.7 Å². The van der Waals surface area contributed by atoms with Crippen LogP contribution in [0.2, 0.25) is 0 Å². The minimum atomic E-state index is -0.0485. The van der Waals surface area contributed by atoms with E-state index >= 15 is 0 Å². The standard InChI is InChI=1S/C19H20N2OS2/c1-14(15-8-4-3-5-9-15)21-18(22)16-10-6-7-11-17(16)20-19(21)24-13-12-23-2/h3-11,14H,12-13H2,1-2H3/t14-/m0/s1. The maximum atomic E-state index is 13.1. The van der Waals surface area contributed by atoms with Crippen LogP contribution >= 0.6 is 23.5 Å². The third kappa shape index (κ3) is 3.52. The molecule has 0 aliphatic rings. The van der Waals surface area contributed by atoms with Crippen LogP contribution in [0.4, 0.5) is 0 Å². The molecular formula is C19H20N2OS2. The summed E-state index contributed by atoms with van der Waals surface area (Å²) in [4.78, 5) is 17.9. The molecule has 0 saturated carbocycles. The summed E-state index contributed by atoms with van der Waals surface area (Å²) in [6.07, 6.45) is 2.09. The van der Waals surface area contributed by atoms with Crippen LogP contribution in [0.25, 0.3) is 10.9 Å². The van der Waals surface area contributed by atoms with E-state index in [1.54, 1.807) is 23.5 Å². The van der Waals surface area contributed by atoms with Crippen LogP contribution < -0.4 is 5.56 Å². The monoisotopic (exact) mass is 356 g/mol. The van der Waals surface area contributed by atoms with E-state index in [2.05, 4.69) is 25.3 Å². The Hall–Kier alpha value is -1.72. The van der Waals surface area contributed by atoms with Crippen LogP contribution in [0.3, 0.4) is 0 Å². The van der Waals surface area contributed by atoms with Gasteiger partial charge in [0.1, 0.15) is 0 Å². The van der Waals surface area contributed by atoms with Gasteiger partial charge in [0, 0.05) is 11.5 Å². The first-order chi connectivity index (χ1) is 11.7. The maximum Gasteiger partial charge on any atom is 0.262 e. The highest BCUT2D eigenvalue weighted by Gasteiger charge is 2.17. The van der Waals surface area contributed by atoms with E-state index in [-0.39, 0.29) is 11.6 Å². The molecule has 0 amide bonds. The molecule has 5 heteroatoms. The van der Waals surface area contributed by atoms with Gasteiger partial charge in [-0.05, 0) is 30.9 Å². The van der Waals surface area contributed by atoms with Crippen molar-refractivity contribution in [3.05, 3.63) is 70.5 Å². The van der Waals surface area contributed by atoms with Crippen molar-refractivity contribution < 1.29 is 0 Å². The molecule has 0 aliphatic heterocycles. The number of nitrogens with zero attached hydrogens (tertiary/aromatic N) is 2. The summed E-state index contributed by atoms with van der Waals surface area (Å²) in [5.74, 6) is 1.97. The van der Waals surface area contributed by atoms with Crippen molar-refractivity contribution in [1.29, 1.82) is 0 Å². The number of thioether (sulfide) groups is 2. The Kier molecular flexibility index (Phi) is 5.63. The van der Waals surface area contributed by atoms with Gasteiger partial charge in [-0.2, -0.15) is 11.8 Å². The zero-order valence-corrected chi connectivity index (χ0v) is 15.4. The summed E-state index contributed by atoms with van der Waals surface area (Å²) in [5.41, 5.74) is 1.91. The highest BCUT2D eigenvalue weighted by molar-refractivity contribution is 8.02. The van der Waals surface area contributed by atoms with Crippen LogP contribution in [-0.4, -0.2) is 27.3 Å². The fourth-order valence-electron chi connectivity index (χ4n) is 2.67. The summed E-state index contributed by atoms with van der Waals surface area (Å²) in [6, 6.07) is 17.7. The lowest BCUT2D eigenvalue weighted by atomic mass is 10.1. The molecule has 24 heavy (non-hydrogen) atoms. The number of para-hydroxylation sites is 1. The van der Waals surface area contributed by atoms with Crippen LogP contribution in [0.1, 0.15) is 18.5 Å². The highest BCUT2D eigenvalue weighted by atomic mass is 32.2. The molecule has 3 nitrogen and oxygen atoms in total. The maximum absolute atomic E-state index is 13.1. The van der Waals surface area contributed by atoms with Gasteiger partial charge in [0.05, 0.1) is 16.9 Å². The quantitative estimate of drug-likeness (QED) is 0.371. The summed E-state index contributed by atoms with van der Waals surface area (Å²) in [6.45, 7) is 2.06. The van der Waals surface area contributed by atoms with E-state index in [9.17, 15) is 4.79 Å². The lowest BCUT2D eigenvalue weighted by Crippen LogP contribution is -2.27.